The van der Waals surface area contributed by atoms with Gasteiger partial charge in [-0.1, -0.05) is 99.8 Å². The van der Waals surface area contributed by atoms with Gasteiger partial charge in [-0.15, -0.1) is 0 Å². The van der Waals surface area contributed by atoms with Gasteiger partial charge < -0.3 is 45.5 Å². The lowest BCUT2D eigenvalue weighted by molar-refractivity contribution is -0.360. The summed E-state index contributed by atoms with van der Waals surface area (Å²) in [6.07, 6.45) is 18.5. The Bertz CT molecular complexity index is 2680. The molecule has 1 heterocycles. The van der Waals surface area contributed by atoms with Crippen LogP contribution in [0.4, 0.5) is 0 Å². The number of aliphatic hydroxyl groups is 6. The third-order valence-corrected chi connectivity index (χ3v) is 25.7. The van der Waals surface area contributed by atoms with Crippen LogP contribution in [-0.2, 0) is 33.8 Å². The second kappa shape index (κ2) is 18.6. The predicted molar refractivity (Wildman–Crippen MR) is 289 cm³/mol. The first-order valence-corrected chi connectivity index (χ1v) is 30.4. The summed E-state index contributed by atoms with van der Waals surface area (Å²) in [5.41, 5.74) is -5.85. The molecule has 2 aromatic carbocycles. The molecule has 2 aromatic rings. The molecule has 4 bridgehead atoms. The van der Waals surface area contributed by atoms with E-state index in [1.807, 2.05) is 25.2 Å². The number of hydrogen-bond donors (Lipinski definition) is 7. The molecule has 12 aliphatic rings. The van der Waals surface area contributed by atoms with Crippen molar-refractivity contribution in [3.05, 3.63) is 82.4 Å². The zero-order valence-electron chi connectivity index (χ0n) is 45.5. The molecule has 0 aromatic heterocycles. The number of aldehydes is 1. The molecule has 10 heteroatoms. The van der Waals surface area contributed by atoms with E-state index >= 15 is 15.0 Å². The zero-order chi connectivity index (χ0) is 52.7. The van der Waals surface area contributed by atoms with Gasteiger partial charge in [0, 0.05) is 51.7 Å². The lowest BCUT2D eigenvalue weighted by atomic mass is 9.32. The van der Waals surface area contributed by atoms with Crippen LogP contribution >= 0.6 is 0 Å². The monoisotopic (exact) mass is 1040 g/mol. The van der Waals surface area contributed by atoms with Crippen LogP contribution in [-0.4, -0.2) is 91.6 Å². The van der Waals surface area contributed by atoms with E-state index < -0.39 is 79.8 Å². The number of carbonyl (C=O) groups is 2. The van der Waals surface area contributed by atoms with Crippen molar-refractivity contribution in [2.24, 2.45) is 80.3 Å². The maximum absolute atomic E-state index is 15.3. The van der Waals surface area contributed by atoms with E-state index in [1.165, 1.54) is 31.2 Å². The highest BCUT2D eigenvalue weighted by molar-refractivity contribution is 5.87. The molecule has 10 nitrogen and oxygen atoms in total. The highest BCUT2D eigenvalue weighted by atomic mass is 16.5. The Morgan fingerprint density at radius 1 is 0.842 bits per heavy atom. The first-order chi connectivity index (χ1) is 36.6. The molecule has 0 amide bonds. The number of aliphatic hydroxyl groups excluding tert-OH is 3. The number of esters is 1. The first-order valence-electron chi connectivity index (χ1n) is 30.4. The van der Waals surface area contributed by atoms with E-state index in [9.17, 15) is 25.2 Å². The van der Waals surface area contributed by atoms with Crippen molar-refractivity contribution in [3.63, 3.8) is 0 Å². The largest absolute Gasteiger partial charge is 0.454 e. The van der Waals surface area contributed by atoms with E-state index in [0.717, 1.165) is 92.8 Å². The van der Waals surface area contributed by atoms with Crippen molar-refractivity contribution in [1.29, 1.82) is 0 Å². The Morgan fingerprint density at radius 3 is 2.37 bits per heavy atom. The Hall–Kier alpha value is -3.40. The summed E-state index contributed by atoms with van der Waals surface area (Å²) >= 11 is 0. The summed E-state index contributed by atoms with van der Waals surface area (Å²) in [5.74, 6) is 6.00. The predicted octanol–water partition coefficient (Wildman–Crippen LogP) is 8.72. The summed E-state index contributed by atoms with van der Waals surface area (Å²) in [6, 6.07) is 16.3. The summed E-state index contributed by atoms with van der Waals surface area (Å²) in [6.45, 7) is 1.92. The molecule has 76 heavy (non-hydrogen) atoms. The molecule has 18 atom stereocenters. The topological polar surface area (TPSA) is 177 Å². The van der Waals surface area contributed by atoms with Crippen LogP contribution in [0, 0.1) is 92.2 Å². The number of benzene rings is 2. The van der Waals surface area contributed by atoms with Crippen LogP contribution in [0.5, 0.6) is 0 Å². The normalized spacial score (nSPS) is 46.2. The average molecular weight is 1040 g/mol. The van der Waals surface area contributed by atoms with Crippen molar-refractivity contribution < 1.29 is 45.0 Å². The lowest BCUT2D eigenvalue weighted by Gasteiger charge is -2.74. The first kappa shape index (κ1) is 52.0. The van der Waals surface area contributed by atoms with Gasteiger partial charge in [-0.05, 0) is 192 Å². The van der Waals surface area contributed by atoms with Gasteiger partial charge in [0.15, 0.2) is 0 Å². The Balaban J connectivity index is 0.999. The van der Waals surface area contributed by atoms with Gasteiger partial charge >= 0.3 is 5.97 Å². The van der Waals surface area contributed by atoms with Crippen LogP contribution in [0.1, 0.15) is 170 Å². The van der Waals surface area contributed by atoms with Crippen LogP contribution in [0.25, 0.3) is 0 Å². The zero-order valence-corrected chi connectivity index (χ0v) is 45.5. The maximum Gasteiger partial charge on any atom is 0.331 e. The van der Waals surface area contributed by atoms with Crippen LogP contribution in [0.2, 0.25) is 0 Å². The van der Waals surface area contributed by atoms with E-state index in [1.54, 1.807) is 6.08 Å². The molecule has 410 valence electrons. The van der Waals surface area contributed by atoms with Gasteiger partial charge in [-0.3, -0.25) is 0 Å². The minimum atomic E-state index is -1.89. The van der Waals surface area contributed by atoms with Gasteiger partial charge in [0.05, 0.1) is 35.9 Å². The number of fused-ring (bicyclic) bond motifs is 4. The van der Waals surface area contributed by atoms with Gasteiger partial charge in [-0.2, -0.15) is 0 Å². The van der Waals surface area contributed by atoms with Crippen LogP contribution in [0.3, 0.4) is 0 Å². The number of rotatable bonds is 9. The highest BCUT2D eigenvalue weighted by Gasteiger charge is 2.87. The number of aryl methyl sites for hydroxylation is 1. The second-order valence-electron chi connectivity index (χ2n) is 28.0. The van der Waals surface area contributed by atoms with E-state index in [-0.39, 0.29) is 56.3 Å². The minimum absolute atomic E-state index is 0.0938. The molecule has 18 unspecified atom stereocenters. The van der Waals surface area contributed by atoms with Gasteiger partial charge in [-0.25, -0.2) is 4.79 Å². The highest BCUT2D eigenvalue weighted by Crippen LogP contribution is 2.83. The smallest absolute Gasteiger partial charge is 0.331 e. The lowest BCUT2D eigenvalue weighted by Crippen LogP contribution is -2.83. The fourth-order valence-electron chi connectivity index (χ4n) is 22.4. The van der Waals surface area contributed by atoms with Crippen molar-refractivity contribution in [2.75, 3.05) is 13.7 Å². The molecule has 9 fully saturated rings. The molecule has 0 radical (unpaired) electrons. The van der Waals surface area contributed by atoms with E-state index in [4.69, 9.17) is 4.74 Å². The minimum Gasteiger partial charge on any atom is -0.454 e. The molecular formula is C66H87NO9. The fraction of sp³-hybridized carbons (Fsp3) is 0.727. The Kier molecular flexibility index (Phi) is 12.7. The van der Waals surface area contributed by atoms with Crippen LogP contribution in [0.15, 0.2) is 60.2 Å². The van der Waals surface area contributed by atoms with E-state index in [2.05, 4.69) is 54.4 Å². The average Bonchev–Trinajstić information content (AvgIpc) is 3.56. The standard InChI is InChI=1S/C66H87NO9/c1-41(44-13-6-7-14-44)46-19-20-52-58(72)60(27-21-43(33-60)18-17-42-11-4-3-5-12-42)38-61(39-69)55-23-28-62-37-59(24-8-9-25-59)26-22-45-15-10-16-47(36-68)50(45)31-54(67-2)51-30-48(63(62,40-70)53-32-56(71)76-57(51)53)35-65(62,74)64(55,73)34-49(29-46)66(52,61)75/h3-5,10-12,15-16,32,39,41,43-44,46,48-49,51-52,54-55,57-58,67-68,70,72-75H,6-9,13-14,17-21,23-25,27-31,33-38,40H2,1-2H3. The molecule has 0 saturated heterocycles. The number of ether oxygens (including phenoxy) is 1. The second-order valence-corrected chi connectivity index (χ2v) is 28.0. The quantitative estimate of drug-likeness (QED) is 0.0731. The SMILES string of the molecule is CNC1Cc2c(cccc2CO)C#CC2(CCCC2)CC23CCC4C(O)(CC5CC(C(C)C6CCCC6)CCC6C(O)C7(CCC(CCc8ccccc8)C7)CC4(C=O)C56O)C2(O)CC2CC1C1OC(=O)C=C1C23CO. The molecule has 3 spiro atoms. The summed E-state index contributed by atoms with van der Waals surface area (Å²) < 4.78 is 6.49. The molecule has 1 aliphatic heterocycles. The van der Waals surface area contributed by atoms with E-state index in [0.29, 0.717) is 62.7 Å². The third kappa shape index (κ3) is 6.96. The Morgan fingerprint density at radius 2 is 1.63 bits per heavy atom. The van der Waals surface area contributed by atoms with Crippen LogP contribution < -0.4 is 5.32 Å². The molecule has 14 rings (SSSR count). The number of carbonyl (C=O) groups excluding carboxylic acids is 2. The van der Waals surface area contributed by atoms with Crippen molar-refractivity contribution in [2.45, 2.75) is 203 Å². The van der Waals surface area contributed by atoms with Crippen molar-refractivity contribution >= 4 is 12.3 Å². The molecule has 11 aliphatic carbocycles. The van der Waals surface area contributed by atoms with Gasteiger partial charge in [0.1, 0.15) is 18.0 Å². The number of nitrogens with one attached hydrogen (secondary N) is 1. The fourth-order valence-corrected chi connectivity index (χ4v) is 22.4. The summed E-state index contributed by atoms with van der Waals surface area (Å²) in [4.78, 5) is 29.4. The van der Waals surface area contributed by atoms with Gasteiger partial charge in [0.2, 0.25) is 0 Å². The Labute approximate surface area is 451 Å². The maximum atomic E-state index is 15.3. The van der Waals surface area contributed by atoms with Crippen molar-refractivity contribution in [1.82, 2.24) is 5.32 Å². The molecular weight excluding hydrogens is 951 g/mol. The molecule has 9 saturated carbocycles. The van der Waals surface area contributed by atoms with Crippen molar-refractivity contribution in [3.8, 4) is 11.8 Å². The third-order valence-electron chi connectivity index (χ3n) is 25.7. The van der Waals surface area contributed by atoms with Gasteiger partial charge in [0.25, 0.3) is 0 Å². The summed E-state index contributed by atoms with van der Waals surface area (Å²) in [5, 5.41) is 85.3. The number of likely N-dealkylation sites (N-methyl/N-ethyl adjacent to an activating group) is 1. The summed E-state index contributed by atoms with van der Waals surface area (Å²) in [7, 11) is 1.93. The molecule has 7 N–H and O–H groups in total. The number of hydrogen-bond acceptors (Lipinski definition) is 10.